The molecule has 1 amide bonds. The number of halogens is 1. The number of hydrogen-bond donors (Lipinski definition) is 2. The number of benzene rings is 2. The van der Waals surface area contributed by atoms with E-state index in [-0.39, 0.29) is 5.91 Å². The highest BCUT2D eigenvalue weighted by Crippen LogP contribution is 2.19. The molecule has 106 valence electrons. The van der Waals surface area contributed by atoms with Crippen LogP contribution in [0.2, 0.25) is 5.28 Å². The largest absolute Gasteiger partial charge is 0.329 e. The number of H-pyrrole nitrogens is 1. The average molecular weight is 300 g/mol. The van der Waals surface area contributed by atoms with Crippen molar-refractivity contribution in [3.8, 4) is 0 Å². The van der Waals surface area contributed by atoms with Gasteiger partial charge >= 0.3 is 0 Å². The van der Waals surface area contributed by atoms with E-state index in [0.717, 1.165) is 28.7 Å². The summed E-state index contributed by atoms with van der Waals surface area (Å²) in [5.41, 5.74) is 3.48. The predicted octanol–water partition coefficient (Wildman–Crippen LogP) is 3.79. The van der Waals surface area contributed by atoms with Crippen LogP contribution in [0, 0.1) is 0 Å². The highest BCUT2D eigenvalue weighted by atomic mass is 35.5. The Bertz CT molecular complexity index is 768. The van der Waals surface area contributed by atoms with E-state index in [9.17, 15) is 4.79 Å². The number of carbonyl (C=O) groups is 1. The van der Waals surface area contributed by atoms with Gasteiger partial charge in [0.1, 0.15) is 0 Å². The molecule has 5 heteroatoms. The molecular formula is C16H14ClN3O. The third-order valence-electron chi connectivity index (χ3n) is 3.22. The molecule has 0 saturated heterocycles. The van der Waals surface area contributed by atoms with E-state index in [1.165, 1.54) is 0 Å². The fourth-order valence-electron chi connectivity index (χ4n) is 2.18. The van der Waals surface area contributed by atoms with Gasteiger partial charge in [-0.25, -0.2) is 4.98 Å². The number of amides is 1. The van der Waals surface area contributed by atoms with E-state index < -0.39 is 0 Å². The molecule has 1 heterocycles. The molecule has 1 aromatic heterocycles. The van der Waals surface area contributed by atoms with E-state index in [1.54, 1.807) is 0 Å². The lowest BCUT2D eigenvalue weighted by atomic mass is 10.1. The zero-order valence-corrected chi connectivity index (χ0v) is 12.0. The molecule has 0 aliphatic rings. The van der Waals surface area contributed by atoms with Crippen LogP contribution in [0.3, 0.4) is 0 Å². The standard InChI is InChI=1S/C16H14ClN3O/c17-16-19-13-8-7-12(10-14(13)20-16)18-15(21)9-6-11-4-2-1-3-5-11/h1-5,7-8,10H,6,9H2,(H,18,21)(H,19,20). The Balaban J connectivity index is 1.63. The van der Waals surface area contributed by atoms with Crippen LogP contribution < -0.4 is 5.32 Å². The summed E-state index contributed by atoms with van der Waals surface area (Å²) in [5, 5.41) is 3.23. The number of aromatic nitrogens is 2. The minimum atomic E-state index is -0.0104. The summed E-state index contributed by atoms with van der Waals surface area (Å²) in [6.07, 6.45) is 1.18. The molecule has 2 N–H and O–H groups in total. The second-order valence-corrected chi connectivity index (χ2v) is 5.15. The molecule has 0 aliphatic carbocycles. The highest BCUT2D eigenvalue weighted by Gasteiger charge is 2.06. The molecule has 0 radical (unpaired) electrons. The number of nitrogens with zero attached hydrogens (tertiary/aromatic N) is 1. The van der Waals surface area contributed by atoms with Crippen molar-refractivity contribution in [2.45, 2.75) is 12.8 Å². The number of rotatable bonds is 4. The van der Waals surface area contributed by atoms with Crippen molar-refractivity contribution >= 4 is 34.2 Å². The third-order valence-corrected chi connectivity index (χ3v) is 3.40. The van der Waals surface area contributed by atoms with Crippen LogP contribution in [0.4, 0.5) is 5.69 Å². The Labute approximate surface area is 127 Å². The van der Waals surface area contributed by atoms with Crippen LogP contribution in [-0.4, -0.2) is 15.9 Å². The molecule has 0 atom stereocenters. The molecule has 21 heavy (non-hydrogen) atoms. The van der Waals surface area contributed by atoms with Crippen LogP contribution in [-0.2, 0) is 11.2 Å². The van der Waals surface area contributed by atoms with Gasteiger partial charge in [0.25, 0.3) is 0 Å². The van der Waals surface area contributed by atoms with Gasteiger partial charge in [0.15, 0.2) is 0 Å². The SMILES string of the molecule is O=C(CCc1ccccc1)Nc1ccc2nc(Cl)[nH]c2c1. The van der Waals surface area contributed by atoms with Gasteiger partial charge < -0.3 is 10.3 Å². The summed E-state index contributed by atoms with van der Waals surface area (Å²) in [6.45, 7) is 0. The van der Waals surface area contributed by atoms with E-state index in [2.05, 4.69) is 15.3 Å². The lowest BCUT2D eigenvalue weighted by Crippen LogP contribution is -2.12. The van der Waals surface area contributed by atoms with Crippen molar-refractivity contribution in [1.29, 1.82) is 0 Å². The fraction of sp³-hybridized carbons (Fsp3) is 0.125. The number of hydrogen-bond acceptors (Lipinski definition) is 2. The van der Waals surface area contributed by atoms with Gasteiger partial charge in [-0.3, -0.25) is 4.79 Å². The molecule has 0 fully saturated rings. The summed E-state index contributed by atoms with van der Waals surface area (Å²) < 4.78 is 0. The topological polar surface area (TPSA) is 57.8 Å². The monoisotopic (exact) mass is 299 g/mol. The summed E-state index contributed by atoms with van der Waals surface area (Å²) in [7, 11) is 0. The molecule has 0 aliphatic heterocycles. The van der Waals surface area contributed by atoms with Gasteiger partial charge in [-0.15, -0.1) is 0 Å². The van der Waals surface area contributed by atoms with Crippen molar-refractivity contribution in [1.82, 2.24) is 9.97 Å². The molecule has 4 nitrogen and oxygen atoms in total. The van der Waals surface area contributed by atoms with Crippen molar-refractivity contribution in [2.75, 3.05) is 5.32 Å². The lowest BCUT2D eigenvalue weighted by Gasteiger charge is -2.05. The Hall–Kier alpha value is -2.33. The molecule has 0 saturated carbocycles. The average Bonchev–Trinajstić information content (AvgIpc) is 2.85. The zero-order valence-electron chi connectivity index (χ0n) is 11.3. The van der Waals surface area contributed by atoms with Crippen molar-refractivity contribution < 1.29 is 4.79 Å². The number of carbonyl (C=O) groups excluding carboxylic acids is 1. The highest BCUT2D eigenvalue weighted by molar-refractivity contribution is 6.29. The Morgan fingerprint density at radius 3 is 2.81 bits per heavy atom. The summed E-state index contributed by atoms with van der Waals surface area (Å²) in [4.78, 5) is 19.0. The molecule has 3 aromatic rings. The molecular weight excluding hydrogens is 286 g/mol. The maximum atomic E-state index is 12.0. The van der Waals surface area contributed by atoms with Crippen LogP contribution in [0.5, 0.6) is 0 Å². The number of anilines is 1. The number of imidazole rings is 1. The Morgan fingerprint density at radius 1 is 1.19 bits per heavy atom. The van der Waals surface area contributed by atoms with Crippen molar-refractivity contribution in [2.24, 2.45) is 0 Å². The molecule has 0 unspecified atom stereocenters. The third kappa shape index (κ3) is 3.41. The second kappa shape index (κ2) is 5.97. The zero-order chi connectivity index (χ0) is 14.7. The number of fused-ring (bicyclic) bond motifs is 1. The molecule has 3 rings (SSSR count). The van der Waals surface area contributed by atoms with Crippen LogP contribution in [0.25, 0.3) is 11.0 Å². The van der Waals surface area contributed by atoms with Crippen LogP contribution in [0.1, 0.15) is 12.0 Å². The summed E-state index contributed by atoms with van der Waals surface area (Å²) in [5.74, 6) is -0.0104. The summed E-state index contributed by atoms with van der Waals surface area (Å²) >= 11 is 5.80. The first-order valence-electron chi connectivity index (χ1n) is 6.70. The van der Waals surface area contributed by atoms with E-state index in [1.807, 2.05) is 48.5 Å². The van der Waals surface area contributed by atoms with Gasteiger partial charge in [-0.05, 0) is 41.8 Å². The van der Waals surface area contributed by atoms with E-state index >= 15 is 0 Å². The van der Waals surface area contributed by atoms with Gasteiger partial charge in [0.2, 0.25) is 11.2 Å². The lowest BCUT2D eigenvalue weighted by molar-refractivity contribution is -0.116. The minimum Gasteiger partial charge on any atom is -0.329 e. The minimum absolute atomic E-state index is 0.0104. The number of aromatic amines is 1. The summed E-state index contributed by atoms with van der Waals surface area (Å²) in [6, 6.07) is 15.4. The Morgan fingerprint density at radius 2 is 2.00 bits per heavy atom. The van der Waals surface area contributed by atoms with Crippen molar-refractivity contribution in [3.63, 3.8) is 0 Å². The predicted molar refractivity (Wildman–Crippen MR) is 84.5 cm³/mol. The van der Waals surface area contributed by atoms with Gasteiger partial charge in [-0.1, -0.05) is 30.3 Å². The second-order valence-electron chi connectivity index (χ2n) is 4.79. The Kier molecular flexibility index (Phi) is 3.88. The first kappa shape index (κ1) is 13.6. The van der Waals surface area contributed by atoms with Crippen LogP contribution >= 0.6 is 11.6 Å². The van der Waals surface area contributed by atoms with Gasteiger partial charge in [0.05, 0.1) is 11.0 Å². The number of aryl methyl sites for hydroxylation is 1. The maximum Gasteiger partial charge on any atom is 0.224 e. The van der Waals surface area contributed by atoms with Gasteiger partial charge in [0, 0.05) is 12.1 Å². The van der Waals surface area contributed by atoms with Crippen molar-refractivity contribution in [3.05, 3.63) is 59.4 Å². The fourth-order valence-corrected chi connectivity index (χ4v) is 2.38. The molecule has 0 spiro atoms. The van der Waals surface area contributed by atoms with Gasteiger partial charge in [-0.2, -0.15) is 0 Å². The number of nitrogens with one attached hydrogen (secondary N) is 2. The van der Waals surface area contributed by atoms with Crippen LogP contribution in [0.15, 0.2) is 48.5 Å². The smallest absolute Gasteiger partial charge is 0.224 e. The quantitative estimate of drug-likeness (QED) is 0.770. The molecule has 2 aromatic carbocycles. The first-order valence-corrected chi connectivity index (χ1v) is 7.07. The normalized spacial score (nSPS) is 10.7. The maximum absolute atomic E-state index is 12.0. The van der Waals surface area contributed by atoms with E-state index in [0.29, 0.717) is 11.7 Å². The first-order chi connectivity index (χ1) is 10.2. The molecule has 0 bridgehead atoms. The van der Waals surface area contributed by atoms with E-state index in [4.69, 9.17) is 11.6 Å².